The van der Waals surface area contributed by atoms with Crippen LogP contribution in [0.2, 0.25) is 0 Å². The number of aromatic nitrogens is 2. The summed E-state index contributed by atoms with van der Waals surface area (Å²) in [5.41, 5.74) is 1.06. The van der Waals surface area contributed by atoms with Crippen LogP contribution in [0.15, 0.2) is 43.0 Å². The van der Waals surface area contributed by atoms with Gasteiger partial charge in [-0.1, -0.05) is 24.3 Å². The summed E-state index contributed by atoms with van der Waals surface area (Å²) in [6, 6.07) is 7.78. The van der Waals surface area contributed by atoms with E-state index in [1.807, 2.05) is 29.2 Å². The third-order valence-electron chi connectivity index (χ3n) is 7.32. The number of carboxylic acids is 1. The lowest BCUT2D eigenvalue weighted by atomic mass is 9.98. The number of carbonyl (C=O) groups excluding carboxylic acids is 2. The summed E-state index contributed by atoms with van der Waals surface area (Å²) in [7, 11) is -3.64. The van der Waals surface area contributed by atoms with Crippen molar-refractivity contribution in [2.24, 2.45) is 0 Å². The van der Waals surface area contributed by atoms with Gasteiger partial charge in [-0.15, -0.1) is 0 Å². The van der Waals surface area contributed by atoms with Crippen molar-refractivity contribution in [3.8, 4) is 11.1 Å². The van der Waals surface area contributed by atoms with Crippen molar-refractivity contribution >= 4 is 25.5 Å². The molecule has 13 heteroatoms. The standard InChI is InChI=1S/C32H47N4O8P/c1-8-42-45(41)18-17-35(21-24-13-9-10-14-26(24)25-19-33-23-34-20-25)22-32(45,27(37)38)15-11-12-16-36(28(39)43-30(2,3)4)29(40)44-31(5,6)7/h9-10,13-14,19-20,23H,8,11-12,15-18,21-22H2,1-7H3,(H,37,38). The van der Waals surface area contributed by atoms with E-state index in [2.05, 4.69) is 9.97 Å². The molecule has 2 heterocycles. The van der Waals surface area contributed by atoms with Gasteiger partial charge < -0.3 is 19.1 Å². The second-order valence-electron chi connectivity index (χ2n) is 13.2. The minimum atomic E-state index is -3.64. The molecule has 0 radical (unpaired) electrons. The summed E-state index contributed by atoms with van der Waals surface area (Å²) >= 11 is 0. The largest absolute Gasteiger partial charge is 0.480 e. The molecule has 0 saturated carbocycles. The first-order valence-corrected chi connectivity index (χ1v) is 17.1. The minimum absolute atomic E-state index is 0.0150. The predicted octanol–water partition coefficient (Wildman–Crippen LogP) is 6.44. The summed E-state index contributed by atoms with van der Waals surface area (Å²) in [5.74, 6) is -1.19. The maximum Gasteiger partial charge on any atom is 0.419 e. The first kappa shape index (κ1) is 36.1. The molecule has 2 unspecified atom stereocenters. The fraction of sp³-hybridized carbons (Fsp3) is 0.594. The molecule has 12 nitrogen and oxygen atoms in total. The second-order valence-corrected chi connectivity index (χ2v) is 16.1. The number of hydrogen-bond acceptors (Lipinski definition) is 10. The highest BCUT2D eigenvalue weighted by atomic mass is 31.2. The van der Waals surface area contributed by atoms with E-state index in [1.54, 1.807) is 60.9 Å². The highest BCUT2D eigenvalue weighted by Crippen LogP contribution is 2.63. The SMILES string of the molecule is CCOP1(=O)CCN(Cc2ccccc2-c2cncnc2)CC1(CCCCN(C(=O)OC(C)(C)C)C(=O)OC(C)(C)C)C(=O)O. The third-order valence-corrected chi connectivity index (χ3v) is 10.6. The average Bonchev–Trinajstić information content (AvgIpc) is 2.93. The van der Waals surface area contributed by atoms with E-state index in [4.69, 9.17) is 14.0 Å². The van der Waals surface area contributed by atoms with Crippen molar-refractivity contribution in [2.75, 3.05) is 32.4 Å². The third kappa shape index (κ3) is 9.58. The summed E-state index contributed by atoms with van der Waals surface area (Å²) in [5, 5.41) is 8.98. The Morgan fingerprint density at radius 3 is 2.16 bits per heavy atom. The number of ether oxygens (including phenoxy) is 2. The van der Waals surface area contributed by atoms with Gasteiger partial charge in [-0.2, -0.15) is 0 Å². The minimum Gasteiger partial charge on any atom is -0.480 e. The van der Waals surface area contributed by atoms with Gasteiger partial charge in [-0.25, -0.2) is 24.5 Å². The van der Waals surface area contributed by atoms with Gasteiger partial charge in [0, 0.05) is 50.3 Å². The molecule has 1 aliphatic rings. The lowest BCUT2D eigenvalue weighted by molar-refractivity contribution is -0.141. The zero-order valence-corrected chi connectivity index (χ0v) is 28.3. The Balaban J connectivity index is 1.82. The molecule has 2 atom stereocenters. The van der Waals surface area contributed by atoms with Crippen molar-refractivity contribution in [2.45, 2.75) is 90.6 Å². The Kier molecular flexibility index (Phi) is 11.9. The molecule has 0 bridgehead atoms. The zero-order valence-electron chi connectivity index (χ0n) is 27.4. The van der Waals surface area contributed by atoms with Crippen molar-refractivity contribution < 1.29 is 38.1 Å². The average molecular weight is 647 g/mol. The highest BCUT2D eigenvalue weighted by Gasteiger charge is 2.58. The van der Waals surface area contributed by atoms with Crippen LogP contribution < -0.4 is 0 Å². The van der Waals surface area contributed by atoms with Gasteiger partial charge >= 0.3 is 18.2 Å². The van der Waals surface area contributed by atoms with Gasteiger partial charge in [-0.3, -0.25) is 14.3 Å². The Hall–Kier alpha value is -3.34. The Bertz CT molecular complexity index is 1350. The first-order chi connectivity index (χ1) is 21.0. The topological polar surface area (TPSA) is 148 Å². The molecule has 1 fully saturated rings. The van der Waals surface area contributed by atoms with E-state index in [1.165, 1.54) is 6.33 Å². The maximum atomic E-state index is 14.3. The van der Waals surface area contributed by atoms with Gasteiger partial charge in [0.1, 0.15) is 17.5 Å². The molecule has 45 heavy (non-hydrogen) atoms. The van der Waals surface area contributed by atoms with E-state index in [-0.39, 0.29) is 45.1 Å². The van der Waals surface area contributed by atoms with Crippen LogP contribution in [0.4, 0.5) is 9.59 Å². The predicted molar refractivity (Wildman–Crippen MR) is 170 cm³/mol. The molecule has 0 spiro atoms. The number of imide groups is 1. The summed E-state index contributed by atoms with van der Waals surface area (Å²) in [6.45, 7) is 12.8. The van der Waals surface area contributed by atoms with Gasteiger partial charge in [0.2, 0.25) is 7.37 Å². The fourth-order valence-electron chi connectivity index (χ4n) is 5.34. The summed E-state index contributed by atoms with van der Waals surface area (Å²) in [6.07, 6.45) is 3.84. The molecule has 2 aromatic rings. The quantitative estimate of drug-likeness (QED) is 0.212. The number of nitrogens with zero attached hydrogens (tertiary/aromatic N) is 4. The van der Waals surface area contributed by atoms with Gasteiger partial charge in [-0.05, 0) is 78.9 Å². The number of benzene rings is 1. The second kappa shape index (κ2) is 14.8. The molecule has 248 valence electrons. The van der Waals surface area contributed by atoms with Crippen LogP contribution in [0, 0.1) is 0 Å². The van der Waals surface area contributed by atoms with E-state index >= 15 is 0 Å². The molecule has 0 aliphatic carbocycles. The molecule has 2 amide bonds. The van der Waals surface area contributed by atoms with E-state index in [9.17, 15) is 24.1 Å². The zero-order chi connectivity index (χ0) is 33.5. The van der Waals surface area contributed by atoms with E-state index in [0.29, 0.717) is 13.1 Å². The van der Waals surface area contributed by atoms with Crippen molar-refractivity contribution in [3.05, 3.63) is 48.5 Å². The first-order valence-electron chi connectivity index (χ1n) is 15.3. The van der Waals surface area contributed by atoms with Gasteiger partial charge in [0.05, 0.1) is 6.61 Å². The maximum absolute atomic E-state index is 14.3. The monoisotopic (exact) mass is 646 g/mol. The Morgan fingerprint density at radius 2 is 1.60 bits per heavy atom. The van der Waals surface area contributed by atoms with Crippen LogP contribution in [-0.2, 0) is 29.9 Å². The lowest BCUT2D eigenvalue weighted by Gasteiger charge is -2.45. The molecule has 1 saturated heterocycles. The number of hydrogen-bond donors (Lipinski definition) is 1. The lowest BCUT2D eigenvalue weighted by Crippen LogP contribution is -2.54. The number of amides is 2. The van der Waals surface area contributed by atoms with Gasteiger partial charge in [0.15, 0.2) is 5.16 Å². The van der Waals surface area contributed by atoms with Crippen molar-refractivity contribution in [1.29, 1.82) is 0 Å². The molecular formula is C32H47N4O8P. The summed E-state index contributed by atoms with van der Waals surface area (Å²) in [4.78, 5) is 50.0. The number of carbonyl (C=O) groups is 3. The Morgan fingerprint density at radius 1 is 1.00 bits per heavy atom. The summed E-state index contributed by atoms with van der Waals surface area (Å²) < 4.78 is 30.9. The molecule has 1 aliphatic heterocycles. The fourth-order valence-corrected chi connectivity index (χ4v) is 8.32. The van der Waals surface area contributed by atoms with Crippen LogP contribution in [0.1, 0.15) is 73.3 Å². The Labute approximate surface area is 265 Å². The number of carboxylic acid groups (broad SMARTS) is 1. The van der Waals surface area contributed by atoms with Crippen molar-refractivity contribution in [1.82, 2.24) is 19.8 Å². The van der Waals surface area contributed by atoms with Crippen LogP contribution in [0.3, 0.4) is 0 Å². The number of rotatable bonds is 11. The van der Waals surface area contributed by atoms with E-state index < -0.39 is 41.9 Å². The normalized spacial score (nSPS) is 20.8. The van der Waals surface area contributed by atoms with Crippen LogP contribution in [0.5, 0.6) is 0 Å². The van der Waals surface area contributed by atoms with Crippen LogP contribution in [-0.4, -0.2) is 91.8 Å². The molecule has 3 rings (SSSR count). The number of unbranched alkanes of at least 4 members (excludes halogenated alkanes) is 1. The molecule has 1 aromatic carbocycles. The molecule has 1 aromatic heterocycles. The van der Waals surface area contributed by atoms with Crippen LogP contribution >= 0.6 is 7.37 Å². The van der Waals surface area contributed by atoms with Gasteiger partial charge in [0.25, 0.3) is 0 Å². The highest BCUT2D eigenvalue weighted by molar-refractivity contribution is 7.62. The van der Waals surface area contributed by atoms with Crippen LogP contribution in [0.25, 0.3) is 11.1 Å². The van der Waals surface area contributed by atoms with Crippen molar-refractivity contribution in [3.63, 3.8) is 0 Å². The molecular weight excluding hydrogens is 599 g/mol. The number of aliphatic carboxylic acids is 1. The van der Waals surface area contributed by atoms with E-state index in [0.717, 1.165) is 21.6 Å². The molecule has 1 N–H and O–H groups in total. The smallest absolute Gasteiger partial charge is 0.419 e.